The first-order valence-corrected chi connectivity index (χ1v) is 6.59. The van der Waals surface area contributed by atoms with Crippen LogP contribution in [0.15, 0.2) is 12.1 Å². The van der Waals surface area contributed by atoms with Crippen molar-refractivity contribution in [3.63, 3.8) is 0 Å². The second-order valence-corrected chi connectivity index (χ2v) is 4.75. The van der Waals surface area contributed by atoms with E-state index in [1.54, 1.807) is 6.07 Å². The van der Waals surface area contributed by atoms with Gasteiger partial charge in [-0.3, -0.25) is 9.59 Å². The van der Waals surface area contributed by atoms with E-state index in [-0.39, 0.29) is 5.91 Å². The summed E-state index contributed by atoms with van der Waals surface area (Å²) in [4.78, 5) is 22.6. The summed E-state index contributed by atoms with van der Waals surface area (Å²) < 4.78 is 0. The van der Waals surface area contributed by atoms with Crippen molar-refractivity contribution in [2.45, 2.75) is 33.1 Å². The number of aldehydes is 1. The monoisotopic (exact) mass is 262 g/mol. The van der Waals surface area contributed by atoms with Gasteiger partial charge in [0.2, 0.25) is 5.91 Å². The Balaban J connectivity index is 2.59. The number of carbonyl (C=O) groups excluding carboxylic acids is 2. The second kappa shape index (κ2) is 7.69. The first-order chi connectivity index (χ1) is 9.08. The lowest BCUT2D eigenvalue weighted by Gasteiger charge is -2.11. The Hall–Kier alpha value is -1.68. The highest BCUT2D eigenvalue weighted by Gasteiger charge is 2.07. The van der Waals surface area contributed by atoms with Crippen LogP contribution in [0.4, 0.5) is 5.69 Å². The Morgan fingerprint density at radius 2 is 1.95 bits per heavy atom. The molecule has 0 unspecified atom stereocenters. The Bertz CT molecular complexity index is 456. The molecule has 0 saturated heterocycles. The minimum absolute atomic E-state index is 0.0254. The molecule has 0 atom stereocenters. The summed E-state index contributed by atoms with van der Waals surface area (Å²) in [5.41, 5.74) is 3.26. The average Bonchev–Trinajstić information content (AvgIpc) is 2.38. The molecule has 0 aliphatic carbocycles. The van der Waals surface area contributed by atoms with Crippen molar-refractivity contribution >= 4 is 17.9 Å². The van der Waals surface area contributed by atoms with E-state index in [0.717, 1.165) is 42.5 Å². The van der Waals surface area contributed by atoms with Gasteiger partial charge in [0, 0.05) is 17.7 Å². The summed E-state index contributed by atoms with van der Waals surface area (Å²) in [6.45, 7) is 4.69. The molecule has 1 rings (SSSR count). The van der Waals surface area contributed by atoms with Gasteiger partial charge in [-0.2, -0.15) is 0 Å². The van der Waals surface area contributed by atoms with Crippen LogP contribution < -0.4 is 10.6 Å². The predicted octanol–water partition coefficient (Wildman–Crippen LogP) is 2.44. The van der Waals surface area contributed by atoms with E-state index in [9.17, 15) is 9.59 Å². The second-order valence-electron chi connectivity index (χ2n) is 4.75. The van der Waals surface area contributed by atoms with Crippen LogP contribution in [0.25, 0.3) is 0 Å². The van der Waals surface area contributed by atoms with Gasteiger partial charge in [0.15, 0.2) is 0 Å². The fourth-order valence-corrected chi connectivity index (χ4v) is 1.90. The number of hydrogen-bond acceptors (Lipinski definition) is 3. The third kappa shape index (κ3) is 4.83. The molecule has 0 radical (unpaired) electrons. The molecule has 0 fully saturated rings. The Morgan fingerprint density at radius 3 is 2.58 bits per heavy atom. The van der Waals surface area contributed by atoms with Crippen LogP contribution >= 0.6 is 0 Å². The van der Waals surface area contributed by atoms with Crippen molar-refractivity contribution in [1.29, 1.82) is 0 Å². The van der Waals surface area contributed by atoms with Crippen molar-refractivity contribution < 1.29 is 9.59 Å². The van der Waals surface area contributed by atoms with E-state index >= 15 is 0 Å². The third-order valence-electron chi connectivity index (χ3n) is 3.09. The molecule has 1 aromatic carbocycles. The molecule has 0 aromatic heterocycles. The van der Waals surface area contributed by atoms with Crippen molar-refractivity contribution in [3.8, 4) is 0 Å². The molecular weight excluding hydrogens is 240 g/mol. The van der Waals surface area contributed by atoms with Gasteiger partial charge in [-0.25, -0.2) is 0 Å². The first kappa shape index (κ1) is 15.4. The molecule has 4 nitrogen and oxygen atoms in total. The van der Waals surface area contributed by atoms with Crippen molar-refractivity contribution in [3.05, 3.63) is 28.8 Å². The maximum atomic E-state index is 11.8. The molecule has 1 aromatic rings. The molecule has 0 saturated carbocycles. The zero-order valence-electron chi connectivity index (χ0n) is 11.9. The van der Waals surface area contributed by atoms with E-state index in [4.69, 9.17) is 0 Å². The lowest BCUT2D eigenvalue weighted by atomic mass is 10.0. The van der Waals surface area contributed by atoms with Crippen molar-refractivity contribution in [2.24, 2.45) is 0 Å². The van der Waals surface area contributed by atoms with Gasteiger partial charge in [-0.1, -0.05) is 0 Å². The van der Waals surface area contributed by atoms with Crippen LogP contribution in [0.1, 0.15) is 40.7 Å². The van der Waals surface area contributed by atoms with Crippen molar-refractivity contribution in [1.82, 2.24) is 5.32 Å². The van der Waals surface area contributed by atoms with E-state index < -0.39 is 0 Å². The van der Waals surface area contributed by atoms with Crippen LogP contribution in [0.2, 0.25) is 0 Å². The fourth-order valence-electron chi connectivity index (χ4n) is 1.90. The number of hydrogen-bond donors (Lipinski definition) is 2. The smallest absolute Gasteiger partial charge is 0.224 e. The van der Waals surface area contributed by atoms with Gasteiger partial charge in [0.05, 0.1) is 0 Å². The number of aryl methyl sites for hydroxylation is 2. The van der Waals surface area contributed by atoms with Crippen LogP contribution in [0.5, 0.6) is 0 Å². The fraction of sp³-hybridized carbons (Fsp3) is 0.467. The zero-order chi connectivity index (χ0) is 14.3. The molecule has 0 aliphatic rings. The van der Waals surface area contributed by atoms with E-state index in [2.05, 4.69) is 10.6 Å². The molecule has 0 bridgehead atoms. The van der Waals surface area contributed by atoms with Crippen LogP contribution in [-0.4, -0.2) is 25.8 Å². The Labute approximate surface area is 114 Å². The van der Waals surface area contributed by atoms with E-state index in [0.29, 0.717) is 12.0 Å². The minimum Gasteiger partial charge on any atom is -0.326 e. The maximum Gasteiger partial charge on any atom is 0.224 e. The average molecular weight is 262 g/mol. The molecule has 0 heterocycles. The maximum absolute atomic E-state index is 11.8. The molecular formula is C15H22N2O2. The molecule has 4 heteroatoms. The van der Waals surface area contributed by atoms with Crippen LogP contribution in [0.3, 0.4) is 0 Å². The summed E-state index contributed by atoms with van der Waals surface area (Å²) in [7, 11) is 1.90. The zero-order valence-corrected chi connectivity index (χ0v) is 11.9. The molecule has 1 amide bonds. The Kier molecular flexibility index (Phi) is 6.22. The van der Waals surface area contributed by atoms with Gasteiger partial charge in [-0.15, -0.1) is 0 Å². The quantitative estimate of drug-likeness (QED) is 0.586. The number of benzene rings is 1. The van der Waals surface area contributed by atoms with Crippen LogP contribution in [0, 0.1) is 13.8 Å². The molecule has 0 aliphatic heterocycles. The van der Waals surface area contributed by atoms with E-state index in [1.807, 2.05) is 27.0 Å². The normalized spacial score (nSPS) is 10.3. The summed E-state index contributed by atoms with van der Waals surface area (Å²) >= 11 is 0. The van der Waals surface area contributed by atoms with Gasteiger partial charge < -0.3 is 10.6 Å². The summed E-state index contributed by atoms with van der Waals surface area (Å²) in [5, 5.41) is 5.96. The topological polar surface area (TPSA) is 58.2 Å². The number of unbranched alkanes of at least 4 members (excludes halogenated alkanes) is 1. The number of rotatable bonds is 7. The predicted molar refractivity (Wildman–Crippen MR) is 77.7 cm³/mol. The summed E-state index contributed by atoms with van der Waals surface area (Å²) in [5.74, 6) is 0.0254. The number of amides is 1. The molecule has 2 N–H and O–H groups in total. The lowest BCUT2D eigenvalue weighted by molar-refractivity contribution is -0.116. The van der Waals surface area contributed by atoms with Gasteiger partial charge in [0.25, 0.3) is 0 Å². The largest absolute Gasteiger partial charge is 0.326 e. The number of carbonyl (C=O) groups is 2. The van der Waals surface area contributed by atoms with Crippen molar-refractivity contribution in [2.75, 3.05) is 18.9 Å². The van der Waals surface area contributed by atoms with E-state index in [1.165, 1.54) is 0 Å². The van der Waals surface area contributed by atoms with Crippen LogP contribution in [-0.2, 0) is 4.79 Å². The third-order valence-corrected chi connectivity index (χ3v) is 3.09. The van der Waals surface area contributed by atoms with Gasteiger partial charge >= 0.3 is 0 Å². The molecule has 0 spiro atoms. The standard InChI is InChI=1S/C15H22N2O2/c1-11-9-14(12(2)8-13(11)10-18)17-15(19)6-4-5-7-16-3/h8-10,16H,4-7H2,1-3H3,(H,17,19). The van der Waals surface area contributed by atoms with Gasteiger partial charge in [0.1, 0.15) is 6.29 Å². The summed E-state index contributed by atoms with van der Waals surface area (Å²) in [6.07, 6.45) is 3.23. The highest BCUT2D eigenvalue weighted by Crippen LogP contribution is 2.20. The molecule has 19 heavy (non-hydrogen) atoms. The van der Waals surface area contributed by atoms with Gasteiger partial charge in [-0.05, 0) is 63.5 Å². The number of nitrogens with one attached hydrogen (secondary N) is 2. The highest BCUT2D eigenvalue weighted by atomic mass is 16.1. The Morgan fingerprint density at radius 1 is 1.21 bits per heavy atom. The SMILES string of the molecule is CNCCCCC(=O)Nc1cc(C)c(C=O)cc1C. The lowest BCUT2D eigenvalue weighted by Crippen LogP contribution is -2.14. The first-order valence-electron chi connectivity index (χ1n) is 6.59. The minimum atomic E-state index is 0.0254. The molecule has 104 valence electrons. The highest BCUT2D eigenvalue weighted by molar-refractivity contribution is 5.92. The summed E-state index contributed by atoms with van der Waals surface area (Å²) in [6, 6.07) is 3.66. The number of anilines is 1.